The molecule has 0 radical (unpaired) electrons. The van der Waals surface area contributed by atoms with Crippen molar-refractivity contribution in [2.45, 2.75) is 26.7 Å². The predicted molar refractivity (Wildman–Crippen MR) is 59.5 cm³/mol. The topological polar surface area (TPSA) is 0 Å². The number of hydrogen-bond acceptors (Lipinski definition) is 0. The molecule has 0 N–H and O–H groups in total. The van der Waals surface area contributed by atoms with Gasteiger partial charge >= 0.3 is 28.4 Å². The van der Waals surface area contributed by atoms with Crippen molar-refractivity contribution in [3.8, 4) is 0 Å². The van der Waals surface area contributed by atoms with Crippen LogP contribution in [0.3, 0.4) is 0 Å². The molecular formula is C13H16Cl2Zr-2. The Hall–Kier alpha value is 0.293. The van der Waals surface area contributed by atoms with Crippen molar-refractivity contribution in [1.29, 1.82) is 0 Å². The van der Waals surface area contributed by atoms with Crippen LogP contribution in [-0.4, -0.2) is 4.21 Å². The number of rotatable bonds is 0. The van der Waals surface area contributed by atoms with Crippen molar-refractivity contribution in [2.75, 3.05) is 0 Å². The van der Waals surface area contributed by atoms with Gasteiger partial charge in [0.15, 0.2) is 0 Å². The third kappa shape index (κ3) is 12.4. The molecule has 0 unspecified atom stereocenters. The quantitative estimate of drug-likeness (QED) is 0.425. The van der Waals surface area contributed by atoms with Crippen LogP contribution in [-0.2, 0) is 24.2 Å². The van der Waals surface area contributed by atoms with E-state index in [1.165, 1.54) is 35.4 Å². The fraction of sp³-hybridized carbons (Fsp3) is 0.308. The average molecular weight is 334 g/mol. The second kappa shape index (κ2) is 15.3. The first kappa shape index (κ1) is 21.6. The van der Waals surface area contributed by atoms with E-state index in [1.807, 2.05) is 12.2 Å². The van der Waals surface area contributed by atoms with Gasteiger partial charge in [-0.15, -0.1) is 26.7 Å². The van der Waals surface area contributed by atoms with Gasteiger partial charge in [-0.05, 0) is 0 Å². The first-order chi connectivity index (χ1) is 6.79. The summed E-state index contributed by atoms with van der Waals surface area (Å²) < 4.78 is 3.34. The summed E-state index contributed by atoms with van der Waals surface area (Å²) in [5.41, 5.74) is 2.69. The van der Waals surface area contributed by atoms with Crippen molar-refractivity contribution in [1.82, 2.24) is 0 Å². The smallest absolute Gasteiger partial charge is 1.00 e. The molecule has 0 saturated heterocycles. The molecule has 2 aliphatic carbocycles. The van der Waals surface area contributed by atoms with E-state index in [9.17, 15) is 0 Å². The molecule has 0 saturated carbocycles. The van der Waals surface area contributed by atoms with Crippen LogP contribution in [0.25, 0.3) is 0 Å². The van der Waals surface area contributed by atoms with Crippen LogP contribution in [0.15, 0.2) is 35.5 Å². The number of halogens is 2. The van der Waals surface area contributed by atoms with Gasteiger partial charge in [0.2, 0.25) is 0 Å². The van der Waals surface area contributed by atoms with Gasteiger partial charge < -0.3 is 24.8 Å². The third-order valence-corrected chi connectivity index (χ3v) is 1.74. The van der Waals surface area contributed by atoms with Crippen LogP contribution < -0.4 is 24.8 Å². The first-order valence-corrected chi connectivity index (χ1v) is 6.35. The monoisotopic (exact) mass is 332 g/mol. The average Bonchev–Trinajstić information content (AvgIpc) is 2.83. The van der Waals surface area contributed by atoms with Crippen LogP contribution in [0, 0.1) is 12.2 Å². The molecule has 0 nitrogen and oxygen atoms in total. The van der Waals surface area contributed by atoms with Crippen molar-refractivity contribution >= 4 is 4.21 Å². The molecular weight excluding hydrogens is 318 g/mol. The summed E-state index contributed by atoms with van der Waals surface area (Å²) in [5, 5.41) is 0. The molecule has 2 aliphatic rings. The SMILES string of the molecule is CC1=CC[C-]=C1.CC1=CC[C-]=C1.[CH2]=[Zr+2].[Cl-].[Cl-]. The molecule has 0 heterocycles. The Morgan fingerprint density at radius 1 is 0.938 bits per heavy atom. The van der Waals surface area contributed by atoms with Crippen molar-refractivity contribution < 1.29 is 49.0 Å². The van der Waals surface area contributed by atoms with Gasteiger partial charge in [-0.2, -0.15) is 12.2 Å². The van der Waals surface area contributed by atoms with E-state index in [0.717, 1.165) is 12.8 Å². The molecule has 3 heteroatoms. The van der Waals surface area contributed by atoms with Gasteiger partial charge in [0.1, 0.15) is 0 Å². The summed E-state index contributed by atoms with van der Waals surface area (Å²) in [6, 6.07) is 0. The third-order valence-electron chi connectivity index (χ3n) is 1.74. The summed E-state index contributed by atoms with van der Waals surface area (Å²) in [6.45, 7) is 4.17. The minimum atomic E-state index is 0. The molecule has 0 aliphatic heterocycles. The predicted octanol–water partition coefficient (Wildman–Crippen LogP) is -2.64. The van der Waals surface area contributed by atoms with Gasteiger partial charge in [0.25, 0.3) is 0 Å². The maximum absolute atomic E-state index is 3.34. The van der Waals surface area contributed by atoms with Crippen molar-refractivity contribution in [2.24, 2.45) is 0 Å². The molecule has 0 fully saturated rings. The van der Waals surface area contributed by atoms with Crippen molar-refractivity contribution in [3.05, 3.63) is 47.6 Å². The molecule has 0 amide bonds. The second-order valence-electron chi connectivity index (χ2n) is 3.00. The van der Waals surface area contributed by atoms with Gasteiger partial charge in [0, 0.05) is 0 Å². The Morgan fingerprint density at radius 3 is 1.31 bits per heavy atom. The Labute approximate surface area is 127 Å². The van der Waals surface area contributed by atoms with Crippen LogP contribution in [0.2, 0.25) is 0 Å². The Kier molecular flexibility index (Phi) is 20.6. The molecule has 0 atom stereocenters. The standard InChI is InChI=1S/2C6H7.CH2.2ClH.Zr/c2*1-6-4-2-3-5-6;;;;/h2*4-5H,2H2,1H3;1H2;2*1H;/q2*-1;;;;+2/p-2. The largest absolute Gasteiger partial charge is 1.00 e. The zero-order chi connectivity index (χ0) is 10.8. The van der Waals surface area contributed by atoms with Gasteiger partial charge in [0.05, 0.1) is 0 Å². The van der Waals surface area contributed by atoms with Crippen LogP contribution in [0.1, 0.15) is 26.7 Å². The summed E-state index contributed by atoms with van der Waals surface area (Å²) in [5.74, 6) is 0. The molecule has 0 aromatic heterocycles. The molecule has 0 bridgehead atoms. The summed E-state index contributed by atoms with van der Waals surface area (Å²) in [4.78, 5) is 0. The second-order valence-corrected chi connectivity index (χ2v) is 3.00. The zero-order valence-electron chi connectivity index (χ0n) is 9.69. The van der Waals surface area contributed by atoms with Gasteiger partial charge in [-0.1, -0.05) is 0 Å². The minimum absolute atomic E-state index is 0. The van der Waals surface area contributed by atoms with E-state index >= 15 is 0 Å². The van der Waals surface area contributed by atoms with E-state index < -0.39 is 0 Å². The molecule has 0 aromatic carbocycles. The maximum atomic E-state index is 3.34. The van der Waals surface area contributed by atoms with Gasteiger partial charge in [-0.3, -0.25) is 12.2 Å². The van der Waals surface area contributed by atoms with Crippen LogP contribution in [0.4, 0.5) is 0 Å². The Bertz CT molecular complexity index is 242. The molecule has 0 aromatic rings. The van der Waals surface area contributed by atoms with E-state index in [2.05, 4.69) is 42.4 Å². The summed E-state index contributed by atoms with van der Waals surface area (Å²) in [6.07, 6.45) is 16.5. The van der Waals surface area contributed by atoms with Gasteiger partial charge in [-0.25, -0.2) is 23.3 Å². The van der Waals surface area contributed by atoms with E-state index in [-0.39, 0.29) is 24.8 Å². The minimum Gasteiger partial charge on any atom is -1.00 e. The summed E-state index contributed by atoms with van der Waals surface area (Å²) >= 11 is 1.30. The molecule has 88 valence electrons. The first-order valence-electron chi connectivity index (χ1n) is 4.61. The molecule has 2 rings (SSSR count). The Balaban J connectivity index is -0.000000165. The van der Waals surface area contributed by atoms with E-state index in [1.54, 1.807) is 0 Å². The fourth-order valence-corrected chi connectivity index (χ4v) is 0.998. The molecule has 16 heavy (non-hydrogen) atoms. The zero-order valence-corrected chi connectivity index (χ0v) is 13.7. The molecule has 0 spiro atoms. The number of hydrogen-bond donors (Lipinski definition) is 0. The number of allylic oxidation sites excluding steroid dienone is 8. The maximum Gasteiger partial charge on any atom is -1.00 e. The van der Waals surface area contributed by atoms with Crippen molar-refractivity contribution in [3.63, 3.8) is 0 Å². The summed E-state index contributed by atoms with van der Waals surface area (Å²) in [7, 11) is 0. The normalized spacial score (nSPS) is 14.2. The van der Waals surface area contributed by atoms with Crippen LogP contribution >= 0.6 is 0 Å². The van der Waals surface area contributed by atoms with E-state index in [0.29, 0.717) is 0 Å². The fourth-order valence-electron chi connectivity index (χ4n) is 0.998. The van der Waals surface area contributed by atoms with E-state index in [4.69, 9.17) is 0 Å². The Morgan fingerprint density at radius 2 is 1.25 bits per heavy atom. The van der Waals surface area contributed by atoms with Crippen LogP contribution in [0.5, 0.6) is 0 Å².